The second-order valence-corrected chi connectivity index (χ2v) is 8.46. The fraction of sp³-hybridized carbons (Fsp3) is 0.600. The lowest BCUT2D eigenvalue weighted by atomic mass is 9.93. The van der Waals surface area contributed by atoms with Gasteiger partial charge in [0.15, 0.2) is 0 Å². The van der Waals surface area contributed by atoms with Gasteiger partial charge in [-0.05, 0) is 49.9 Å². The SMILES string of the molecule is CCCCCCN(C(=O)CCCOc1ccc2[nH]c(=O)ccc2c1)C1CCCCC1. The van der Waals surface area contributed by atoms with Crippen LogP contribution in [0.1, 0.15) is 77.6 Å². The molecule has 0 aliphatic heterocycles. The van der Waals surface area contributed by atoms with Crippen molar-refractivity contribution in [3.8, 4) is 5.75 Å². The van der Waals surface area contributed by atoms with Crippen LogP contribution < -0.4 is 10.3 Å². The maximum absolute atomic E-state index is 13.0. The molecule has 1 aliphatic rings. The molecule has 0 atom stereocenters. The minimum atomic E-state index is -0.105. The zero-order valence-electron chi connectivity index (χ0n) is 18.3. The highest BCUT2D eigenvalue weighted by atomic mass is 16.5. The number of amides is 1. The van der Waals surface area contributed by atoms with Gasteiger partial charge >= 0.3 is 0 Å². The number of rotatable bonds is 11. The van der Waals surface area contributed by atoms with Gasteiger partial charge in [0.05, 0.1) is 6.61 Å². The van der Waals surface area contributed by atoms with Crippen LogP contribution >= 0.6 is 0 Å². The standard InChI is InChI=1S/C25H36N2O3/c1-2-3-4-8-17-27(21-10-6-5-7-11-21)25(29)12-9-18-30-22-14-15-23-20(19-22)13-16-24(28)26-23/h13-16,19,21H,2-12,17-18H2,1H3,(H,26,28). The number of nitrogens with one attached hydrogen (secondary N) is 1. The topological polar surface area (TPSA) is 62.4 Å². The third-order valence-electron chi connectivity index (χ3n) is 6.09. The van der Waals surface area contributed by atoms with E-state index < -0.39 is 0 Å². The first kappa shape index (κ1) is 22.4. The first-order valence-corrected chi connectivity index (χ1v) is 11.7. The van der Waals surface area contributed by atoms with Crippen molar-refractivity contribution >= 4 is 16.8 Å². The first-order valence-electron chi connectivity index (χ1n) is 11.7. The molecule has 1 heterocycles. The smallest absolute Gasteiger partial charge is 0.248 e. The van der Waals surface area contributed by atoms with Crippen molar-refractivity contribution < 1.29 is 9.53 Å². The number of carbonyl (C=O) groups excluding carboxylic acids is 1. The minimum Gasteiger partial charge on any atom is -0.494 e. The van der Waals surface area contributed by atoms with Gasteiger partial charge in [0, 0.05) is 36.0 Å². The number of benzene rings is 1. The van der Waals surface area contributed by atoms with Crippen molar-refractivity contribution in [1.82, 2.24) is 9.88 Å². The summed E-state index contributed by atoms with van der Waals surface area (Å²) in [5.41, 5.74) is 0.697. The van der Waals surface area contributed by atoms with Crippen LogP contribution in [0.25, 0.3) is 10.9 Å². The first-order chi connectivity index (χ1) is 14.7. The van der Waals surface area contributed by atoms with Crippen molar-refractivity contribution in [3.63, 3.8) is 0 Å². The highest BCUT2D eigenvalue weighted by Crippen LogP contribution is 2.24. The molecule has 1 N–H and O–H groups in total. The lowest BCUT2D eigenvalue weighted by Gasteiger charge is -2.34. The van der Waals surface area contributed by atoms with Crippen LogP contribution in [0.4, 0.5) is 0 Å². The Morgan fingerprint density at radius 2 is 1.90 bits per heavy atom. The van der Waals surface area contributed by atoms with Gasteiger partial charge in [0.2, 0.25) is 11.5 Å². The molecular weight excluding hydrogens is 376 g/mol. The number of H-pyrrole nitrogens is 1. The average molecular weight is 413 g/mol. The predicted octanol–water partition coefficient (Wildman–Crippen LogP) is 5.43. The molecule has 1 aliphatic carbocycles. The Labute approximate surface area is 179 Å². The Morgan fingerprint density at radius 1 is 1.07 bits per heavy atom. The van der Waals surface area contributed by atoms with Gasteiger partial charge in [-0.3, -0.25) is 9.59 Å². The largest absolute Gasteiger partial charge is 0.494 e. The highest BCUT2D eigenvalue weighted by molar-refractivity contribution is 5.79. The van der Waals surface area contributed by atoms with Gasteiger partial charge in [-0.1, -0.05) is 45.4 Å². The van der Waals surface area contributed by atoms with Gasteiger partial charge in [0.25, 0.3) is 0 Å². The van der Waals surface area contributed by atoms with E-state index >= 15 is 0 Å². The predicted molar refractivity (Wildman–Crippen MR) is 122 cm³/mol. The van der Waals surface area contributed by atoms with Gasteiger partial charge in [-0.2, -0.15) is 0 Å². The number of unbranched alkanes of at least 4 members (excludes halogenated alkanes) is 3. The fourth-order valence-corrected chi connectivity index (χ4v) is 4.39. The molecule has 0 saturated heterocycles. The molecule has 30 heavy (non-hydrogen) atoms. The highest BCUT2D eigenvalue weighted by Gasteiger charge is 2.24. The van der Waals surface area contributed by atoms with Crippen LogP contribution in [-0.4, -0.2) is 35.0 Å². The minimum absolute atomic E-state index is 0.105. The quantitative estimate of drug-likeness (QED) is 0.501. The van der Waals surface area contributed by atoms with Crippen molar-refractivity contribution in [3.05, 3.63) is 40.7 Å². The van der Waals surface area contributed by atoms with E-state index in [9.17, 15) is 9.59 Å². The number of hydrogen-bond acceptors (Lipinski definition) is 3. The zero-order valence-corrected chi connectivity index (χ0v) is 18.3. The number of aromatic nitrogens is 1. The molecule has 1 saturated carbocycles. The molecular formula is C25H36N2O3. The average Bonchev–Trinajstić information content (AvgIpc) is 2.77. The Hall–Kier alpha value is -2.30. The molecule has 2 aromatic rings. The van der Waals surface area contributed by atoms with Gasteiger partial charge < -0.3 is 14.6 Å². The van der Waals surface area contributed by atoms with Gasteiger partial charge in [-0.15, -0.1) is 0 Å². The van der Waals surface area contributed by atoms with E-state index in [0.717, 1.165) is 48.9 Å². The Morgan fingerprint density at radius 3 is 2.70 bits per heavy atom. The number of ether oxygens (including phenoxy) is 1. The molecule has 5 nitrogen and oxygen atoms in total. The molecule has 1 fully saturated rings. The van der Waals surface area contributed by atoms with Gasteiger partial charge in [0.1, 0.15) is 5.75 Å². The zero-order chi connectivity index (χ0) is 21.2. The maximum Gasteiger partial charge on any atom is 0.248 e. The van der Waals surface area contributed by atoms with E-state index in [1.165, 1.54) is 44.6 Å². The van der Waals surface area contributed by atoms with Crippen LogP contribution in [0.2, 0.25) is 0 Å². The number of pyridine rings is 1. The lowest BCUT2D eigenvalue weighted by Crippen LogP contribution is -2.42. The third-order valence-corrected chi connectivity index (χ3v) is 6.09. The number of aromatic amines is 1. The summed E-state index contributed by atoms with van der Waals surface area (Å²) in [6, 6.07) is 9.41. The Bertz CT molecular complexity index is 855. The van der Waals surface area contributed by atoms with Crippen LogP contribution in [0.3, 0.4) is 0 Å². The summed E-state index contributed by atoms with van der Waals surface area (Å²) in [4.78, 5) is 29.3. The summed E-state index contributed by atoms with van der Waals surface area (Å²) in [7, 11) is 0. The monoisotopic (exact) mass is 412 g/mol. The molecule has 0 radical (unpaired) electrons. The van der Waals surface area contributed by atoms with Crippen LogP contribution in [0.5, 0.6) is 5.75 Å². The fourth-order valence-electron chi connectivity index (χ4n) is 4.39. The molecule has 0 spiro atoms. The number of fused-ring (bicyclic) bond motifs is 1. The maximum atomic E-state index is 13.0. The summed E-state index contributed by atoms with van der Waals surface area (Å²) < 4.78 is 5.87. The van der Waals surface area contributed by atoms with Crippen LogP contribution in [0, 0.1) is 0 Å². The normalized spacial score (nSPS) is 14.7. The second-order valence-electron chi connectivity index (χ2n) is 8.46. The van der Waals surface area contributed by atoms with Crippen LogP contribution in [-0.2, 0) is 4.79 Å². The molecule has 3 rings (SSSR count). The Kier molecular flexibility index (Phi) is 8.79. The van der Waals surface area contributed by atoms with Crippen molar-refractivity contribution in [2.45, 2.75) is 83.6 Å². The van der Waals surface area contributed by atoms with E-state index in [1.807, 2.05) is 18.2 Å². The van der Waals surface area contributed by atoms with Crippen molar-refractivity contribution in [2.75, 3.05) is 13.2 Å². The summed E-state index contributed by atoms with van der Waals surface area (Å²) in [6.07, 6.45) is 12.2. The molecule has 0 bridgehead atoms. The third kappa shape index (κ3) is 6.61. The number of hydrogen-bond donors (Lipinski definition) is 1. The van der Waals surface area contributed by atoms with E-state index in [1.54, 1.807) is 6.07 Å². The van der Waals surface area contributed by atoms with E-state index in [-0.39, 0.29) is 11.5 Å². The molecule has 1 aromatic heterocycles. The Balaban J connectivity index is 1.47. The van der Waals surface area contributed by atoms with E-state index in [2.05, 4.69) is 16.8 Å². The molecule has 5 heteroatoms. The molecule has 164 valence electrons. The number of nitrogens with zero attached hydrogens (tertiary/aromatic N) is 1. The van der Waals surface area contributed by atoms with Crippen LogP contribution in [0.15, 0.2) is 35.1 Å². The molecule has 0 unspecified atom stereocenters. The molecule has 1 aromatic carbocycles. The number of carbonyl (C=O) groups is 1. The molecule has 1 amide bonds. The second kappa shape index (κ2) is 11.8. The van der Waals surface area contributed by atoms with Crippen molar-refractivity contribution in [2.24, 2.45) is 0 Å². The van der Waals surface area contributed by atoms with E-state index in [0.29, 0.717) is 19.1 Å². The lowest BCUT2D eigenvalue weighted by molar-refractivity contribution is -0.134. The summed E-state index contributed by atoms with van der Waals surface area (Å²) >= 11 is 0. The van der Waals surface area contributed by atoms with Gasteiger partial charge in [-0.25, -0.2) is 0 Å². The van der Waals surface area contributed by atoms with E-state index in [4.69, 9.17) is 4.74 Å². The summed E-state index contributed by atoms with van der Waals surface area (Å²) in [6.45, 7) is 3.65. The summed E-state index contributed by atoms with van der Waals surface area (Å²) in [5.74, 6) is 1.06. The van der Waals surface area contributed by atoms with Crippen molar-refractivity contribution in [1.29, 1.82) is 0 Å². The summed E-state index contributed by atoms with van der Waals surface area (Å²) in [5, 5.41) is 0.943.